The quantitative estimate of drug-likeness (QED) is 0.812. The van der Waals surface area contributed by atoms with Gasteiger partial charge in [0.2, 0.25) is 0 Å². The van der Waals surface area contributed by atoms with Crippen molar-refractivity contribution in [1.82, 2.24) is 9.78 Å². The number of hydrogen-bond acceptors (Lipinski definition) is 2. The molecular formula is C15H15F2N3O. The monoisotopic (exact) mass is 291 g/mol. The lowest BCUT2D eigenvalue weighted by molar-refractivity contribution is -0.114. The second kappa shape index (κ2) is 5.87. The van der Waals surface area contributed by atoms with Gasteiger partial charge in [0, 0.05) is 18.8 Å². The second-order valence-corrected chi connectivity index (χ2v) is 4.71. The SMILES string of the molecule is C=CC(=O)N(Cc1c(F)cc(C)cc1F)c1cnn(C)c1. The Balaban J connectivity index is 2.41. The smallest absolute Gasteiger partial charge is 0.250 e. The Bertz CT molecular complexity index is 671. The molecule has 1 aromatic carbocycles. The maximum atomic E-state index is 13.9. The molecule has 1 heterocycles. The van der Waals surface area contributed by atoms with Gasteiger partial charge in [-0.25, -0.2) is 8.78 Å². The molecule has 1 aromatic heterocycles. The van der Waals surface area contributed by atoms with Gasteiger partial charge in [0.1, 0.15) is 11.6 Å². The fourth-order valence-corrected chi connectivity index (χ4v) is 1.99. The Morgan fingerprint density at radius 1 is 1.43 bits per heavy atom. The third-order valence-corrected chi connectivity index (χ3v) is 3.05. The molecular weight excluding hydrogens is 276 g/mol. The zero-order chi connectivity index (χ0) is 15.6. The molecule has 6 heteroatoms. The van der Waals surface area contributed by atoms with E-state index in [0.717, 1.165) is 6.08 Å². The van der Waals surface area contributed by atoms with Gasteiger partial charge >= 0.3 is 0 Å². The summed E-state index contributed by atoms with van der Waals surface area (Å²) in [5, 5.41) is 3.96. The summed E-state index contributed by atoms with van der Waals surface area (Å²) < 4.78 is 29.4. The highest BCUT2D eigenvalue weighted by Gasteiger charge is 2.19. The summed E-state index contributed by atoms with van der Waals surface area (Å²) in [7, 11) is 1.69. The molecule has 0 fully saturated rings. The lowest BCUT2D eigenvalue weighted by Gasteiger charge is -2.20. The molecule has 0 atom stereocenters. The number of halogens is 2. The molecule has 0 unspecified atom stereocenters. The third-order valence-electron chi connectivity index (χ3n) is 3.05. The first-order valence-electron chi connectivity index (χ1n) is 6.29. The van der Waals surface area contributed by atoms with E-state index in [1.54, 1.807) is 20.2 Å². The standard InChI is InChI=1S/C15H15F2N3O/c1-4-15(21)20(11-7-18-19(3)8-11)9-12-13(16)5-10(2)6-14(12)17/h4-8H,1,9H2,2-3H3. The van der Waals surface area contributed by atoms with Gasteiger partial charge in [0.05, 0.1) is 18.4 Å². The Kier molecular flexibility index (Phi) is 4.16. The molecule has 0 bridgehead atoms. The molecule has 0 aliphatic heterocycles. The molecule has 0 spiro atoms. The van der Waals surface area contributed by atoms with Crippen LogP contribution in [-0.4, -0.2) is 15.7 Å². The Morgan fingerprint density at radius 2 is 2.05 bits per heavy atom. The van der Waals surface area contributed by atoms with Crippen molar-refractivity contribution in [3.8, 4) is 0 Å². The summed E-state index contributed by atoms with van der Waals surface area (Å²) in [6, 6.07) is 2.47. The molecule has 0 saturated carbocycles. The van der Waals surface area contributed by atoms with Gasteiger partial charge in [0.15, 0.2) is 0 Å². The predicted octanol–water partition coefficient (Wildman–Crippen LogP) is 2.73. The van der Waals surface area contributed by atoms with Crippen LogP contribution in [0.4, 0.5) is 14.5 Å². The molecule has 0 N–H and O–H groups in total. The normalized spacial score (nSPS) is 10.5. The molecule has 4 nitrogen and oxygen atoms in total. The fraction of sp³-hybridized carbons (Fsp3) is 0.200. The molecule has 0 saturated heterocycles. The van der Waals surface area contributed by atoms with Gasteiger partial charge in [-0.2, -0.15) is 5.10 Å². The molecule has 110 valence electrons. The number of carbonyl (C=O) groups is 1. The van der Waals surface area contributed by atoms with Gasteiger partial charge in [-0.1, -0.05) is 6.58 Å². The number of aryl methyl sites for hydroxylation is 2. The predicted molar refractivity (Wildman–Crippen MR) is 75.7 cm³/mol. The first-order chi connectivity index (χ1) is 9.92. The van der Waals surface area contributed by atoms with Gasteiger partial charge in [-0.15, -0.1) is 0 Å². The summed E-state index contributed by atoms with van der Waals surface area (Å²) >= 11 is 0. The minimum Gasteiger partial charge on any atom is -0.301 e. The van der Waals surface area contributed by atoms with Gasteiger partial charge in [-0.3, -0.25) is 9.48 Å². The lowest BCUT2D eigenvalue weighted by atomic mass is 10.1. The van der Waals surface area contributed by atoms with Crippen molar-refractivity contribution in [1.29, 1.82) is 0 Å². The maximum absolute atomic E-state index is 13.9. The van der Waals surface area contributed by atoms with Crippen molar-refractivity contribution < 1.29 is 13.6 Å². The van der Waals surface area contributed by atoms with Crippen molar-refractivity contribution in [2.24, 2.45) is 7.05 Å². The van der Waals surface area contributed by atoms with Crippen LogP contribution >= 0.6 is 0 Å². The van der Waals surface area contributed by atoms with Crippen molar-refractivity contribution in [2.45, 2.75) is 13.5 Å². The highest BCUT2D eigenvalue weighted by Crippen LogP contribution is 2.21. The van der Waals surface area contributed by atoms with Crippen molar-refractivity contribution in [3.05, 3.63) is 59.9 Å². The van der Waals surface area contributed by atoms with Crippen LogP contribution in [0.1, 0.15) is 11.1 Å². The first kappa shape index (κ1) is 14.9. The van der Waals surface area contributed by atoms with Crippen LogP contribution in [0, 0.1) is 18.6 Å². The van der Waals surface area contributed by atoms with E-state index >= 15 is 0 Å². The zero-order valence-electron chi connectivity index (χ0n) is 11.8. The zero-order valence-corrected chi connectivity index (χ0v) is 11.8. The van der Waals surface area contributed by atoms with E-state index in [0.29, 0.717) is 11.3 Å². The van der Waals surface area contributed by atoms with Crippen LogP contribution in [0.5, 0.6) is 0 Å². The number of benzene rings is 1. The largest absolute Gasteiger partial charge is 0.301 e. The summed E-state index contributed by atoms with van der Waals surface area (Å²) in [4.78, 5) is 13.2. The van der Waals surface area contributed by atoms with Crippen LogP contribution in [-0.2, 0) is 18.4 Å². The molecule has 2 aromatic rings. The average molecular weight is 291 g/mol. The Morgan fingerprint density at radius 3 is 2.52 bits per heavy atom. The van der Waals surface area contributed by atoms with E-state index in [9.17, 15) is 13.6 Å². The van der Waals surface area contributed by atoms with Gasteiger partial charge in [-0.05, 0) is 30.7 Å². The molecule has 2 rings (SSSR count). The van der Waals surface area contributed by atoms with Gasteiger partial charge < -0.3 is 4.90 Å². The first-order valence-corrected chi connectivity index (χ1v) is 6.29. The fourth-order valence-electron chi connectivity index (χ4n) is 1.99. The van der Waals surface area contributed by atoms with Crippen LogP contribution in [0.15, 0.2) is 37.2 Å². The van der Waals surface area contributed by atoms with Crippen LogP contribution in [0.2, 0.25) is 0 Å². The van der Waals surface area contributed by atoms with Crippen LogP contribution < -0.4 is 4.90 Å². The van der Waals surface area contributed by atoms with E-state index in [4.69, 9.17) is 0 Å². The highest BCUT2D eigenvalue weighted by atomic mass is 19.1. The van der Waals surface area contributed by atoms with Crippen molar-refractivity contribution >= 4 is 11.6 Å². The van der Waals surface area contributed by atoms with Gasteiger partial charge in [0.25, 0.3) is 5.91 Å². The Labute approximate surface area is 121 Å². The lowest BCUT2D eigenvalue weighted by Crippen LogP contribution is -2.29. The summed E-state index contributed by atoms with van der Waals surface area (Å²) in [6.07, 6.45) is 4.13. The summed E-state index contributed by atoms with van der Waals surface area (Å²) in [6.45, 7) is 4.78. The maximum Gasteiger partial charge on any atom is 0.250 e. The molecule has 21 heavy (non-hydrogen) atoms. The highest BCUT2D eigenvalue weighted by molar-refractivity contribution is 6.00. The number of aromatic nitrogens is 2. The van der Waals surface area contributed by atoms with E-state index in [-0.39, 0.29) is 12.1 Å². The van der Waals surface area contributed by atoms with E-state index < -0.39 is 17.5 Å². The topological polar surface area (TPSA) is 38.1 Å². The van der Waals surface area contributed by atoms with Crippen LogP contribution in [0.25, 0.3) is 0 Å². The van der Waals surface area contributed by atoms with E-state index in [1.807, 2.05) is 0 Å². The van der Waals surface area contributed by atoms with Crippen molar-refractivity contribution in [3.63, 3.8) is 0 Å². The Hall–Kier alpha value is -2.50. The molecule has 0 aliphatic carbocycles. The molecule has 0 aliphatic rings. The summed E-state index contributed by atoms with van der Waals surface area (Å²) in [5.74, 6) is -1.82. The molecule has 1 amide bonds. The molecule has 0 radical (unpaired) electrons. The minimum absolute atomic E-state index is 0.167. The second-order valence-electron chi connectivity index (χ2n) is 4.71. The number of anilines is 1. The number of hydrogen-bond donors (Lipinski definition) is 0. The average Bonchev–Trinajstić information content (AvgIpc) is 2.83. The van der Waals surface area contributed by atoms with E-state index in [1.165, 1.54) is 27.9 Å². The number of carbonyl (C=O) groups excluding carboxylic acids is 1. The third kappa shape index (κ3) is 3.16. The van der Waals surface area contributed by atoms with Crippen molar-refractivity contribution in [2.75, 3.05) is 4.90 Å². The van der Waals surface area contributed by atoms with E-state index in [2.05, 4.69) is 11.7 Å². The van der Waals surface area contributed by atoms with Crippen LogP contribution in [0.3, 0.4) is 0 Å². The number of amides is 1. The minimum atomic E-state index is -0.682. The summed E-state index contributed by atoms with van der Waals surface area (Å²) in [5.41, 5.74) is 0.762. The number of nitrogens with zero attached hydrogens (tertiary/aromatic N) is 3. The number of rotatable bonds is 4.